The van der Waals surface area contributed by atoms with Gasteiger partial charge in [0.1, 0.15) is 0 Å². The van der Waals surface area contributed by atoms with E-state index in [2.05, 4.69) is 11.9 Å². The molecule has 0 spiro atoms. The van der Waals surface area contributed by atoms with E-state index in [1.807, 2.05) is 0 Å². The van der Waals surface area contributed by atoms with Crippen LogP contribution in [-0.2, 0) is 0 Å². The Morgan fingerprint density at radius 1 is 1.47 bits per heavy atom. The first-order chi connectivity index (χ1) is 7.02. The van der Waals surface area contributed by atoms with Crippen LogP contribution in [0.3, 0.4) is 0 Å². The van der Waals surface area contributed by atoms with Gasteiger partial charge in [-0.3, -0.25) is 4.79 Å². The molecule has 0 aliphatic rings. The van der Waals surface area contributed by atoms with Crippen molar-refractivity contribution in [3.05, 3.63) is 47.0 Å². The van der Waals surface area contributed by atoms with E-state index < -0.39 is 17.5 Å². The number of carbonyl (C=O) groups excluding carboxylic acids is 1. The summed E-state index contributed by atoms with van der Waals surface area (Å²) in [6, 6.07) is 3.38. The van der Waals surface area contributed by atoms with Gasteiger partial charge in [0, 0.05) is 5.03 Å². The second kappa shape index (κ2) is 4.89. The Kier molecular flexibility index (Phi) is 3.80. The third-order valence-corrected chi connectivity index (χ3v) is 1.77. The summed E-state index contributed by atoms with van der Waals surface area (Å²) in [6.07, 6.45) is 0. The number of hydrogen-bond donors (Lipinski definition) is 1. The van der Waals surface area contributed by atoms with Crippen LogP contribution in [0.25, 0.3) is 0 Å². The van der Waals surface area contributed by atoms with E-state index in [0.29, 0.717) is 0 Å². The molecule has 0 bridgehead atoms. The zero-order chi connectivity index (χ0) is 11.4. The molecule has 0 saturated carbocycles. The van der Waals surface area contributed by atoms with E-state index in [4.69, 9.17) is 11.6 Å². The molecular weight excluding hydrogens is 224 g/mol. The summed E-state index contributed by atoms with van der Waals surface area (Å²) >= 11 is 5.40. The average Bonchev–Trinajstić information content (AvgIpc) is 2.18. The largest absolute Gasteiger partial charge is 0.347 e. The molecule has 0 atom stereocenters. The van der Waals surface area contributed by atoms with Crippen LogP contribution in [0.15, 0.2) is 29.8 Å². The predicted octanol–water partition coefficient (Wildman–Crippen LogP) is 2.45. The second-order valence-corrected chi connectivity index (χ2v) is 3.34. The van der Waals surface area contributed by atoms with Gasteiger partial charge in [-0.15, -0.1) is 0 Å². The number of amides is 1. The van der Waals surface area contributed by atoms with Crippen LogP contribution in [0, 0.1) is 11.6 Å². The fourth-order valence-electron chi connectivity index (χ4n) is 0.951. The molecule has 2 nitrogen and oxygen atoms in total. The minimum atomic E-state index is -1.17. The molecule has 0 aliphatic heterocycles. The number of carbonyl (C=O) groups is 1. The smallest absolute Gasteiger partial charge is 0.254 e. The van der Waals surface area contributed by atoms with Crippen molar-refractivity contribution in [2.45, 2.75) is 0 Å². The minimum absolute atomic E-state index is 0.0103. The number of nitrogens with one attached hydrogen (secondary N) is 1. The van der Waals surface area contributed by atoms with Crippen LogP contribution in [0.4, 0.5) is 8.78 Å². The summed E-state index contributed by atoms with van der Waals surface area (Å²) < 4.78 is 25.8. The van der Waals surface area contributed by atoms with Gasteiger partial charge in [-0.05, 0) is 12.1 Å². The summed E-state index contributed by atoms with van der Waals surface area (Å²) in [4.78, 5) is 11.3. The zero-order valence-corrected chi connectivity index (χ0v) is 8.44. The van der Waals surface area contributed by atoms with Gasteiger partial charge in [-0.25, -0.2) is 8.78 Å². The summed E-state index contributed by atoms with van der Waals surface area (Å²) in [7, 11) is 0. The van der Waals surface area contributed by atoms with Gasteiger partial charge in [-0.1, -0.05) is 24.2 Å². The Bertz CT molecular complexity index is 406. The molecule has 0 aromatic heterocycles. The lowest BCUT2D eigenvalue weighted by molar-refractivity contribution is 0.0952. The van der Waals surface area contributed by atoms with Crippen molar-refractivity contribution in [3.63, 3.8) is 0 Å². The maximum absolute atomic E-state index is 13.1. The van der Waals surface area contributed by atoms with Crippen molar-refractivity contribution < 1.29 is 13.6 Å². The van der Waals surface area contributed by atoms with Crippen LogP contribution in [0.2, 0.25) is 0 Å². The molecule has 1 aromatic carbocycles. The molecule has 0 fully saturated rings. The van der Waals surface area contributed by atoms with Gasteiger partial charge >= 0.3 is 0 Å². The Morgan fingerprint density at radius 3 is 2.73 bits per heavy atom. The van der Waals surface area contributed by atoms with Crippen molar-refractivity contribution in [3.8, 4) is 0 Å². The predicted molar refractivity (Wildman–Crippen MR) is 53.7 cm³/mol. The third kappa shape index (κ3) is 3.02. The molecule has 1 N–H and O–H groups in total. The summed E-state index contributed by atoms with van der Waals surface area (Å²) in [5.74, 6) is -2.96. The van der Waals surface area contributed by atoms with Crippen molar-refractivity contribution >= 4 is 17.5 Å². The number of benzene rings is 1. The van der Waals surface area contributed by atoms with E-state index in [1.54, 1.807) is 0 Å². The highest BCUT2D eigenvalue weighted by Crippen LogP contribution is 2.11. The van der Waals surface area contributed by atoms with Gasteiger partial charge in [0.25, 0.3) is 5.91 Å². The first-order valence-electron chi connectivity index (χ1n) is 4.08. The first kappa shape index (κ1) is 11.7. The van der Waals surface area contributed by atoms with Crippen LogP contribution in [0.1, 0.15) is 10.4 Å². The fourth-order valence-corrected chi connectivity index (χ4v) is 1.02. The van der Waals surface area contributed by atoms with E-state index in [1.165, 1.54) is 12.1 Å². The molecule has 1 amide bonds. The van der Waals surface area contributed by atoms with E-state index in [9.17, 15) is 13.6 Å². The highest BCUT2D eigenvalue weighted by atomic mass is 35.5. The van der Waals surface area contributed by atoms with Crippen LogP contribution >= 0.6 is 11.6 Å². The summed E-state index contributed by atoms with van der Waals surface area (Å²) in [5.41, 5.74) is -0.354. The van der Waals surface area contributed by atoms with E-state index >= 15 is 0 Å². The highest BCUT2D eigenvalue weighted by Gasteiger charge is 2.14. The van der Waals surface area contributed by atoms with Crippen LogP contribution in [0.5, 0.6) is 0 Å². The second-order valence-electron chi connectivity index (χ2n) is 2.80. The maximum Gasteiger partial charge on any atom is 0.254 e. The molecule has 0 unspecified atom stereocenters. The van der Waals surface area contributed by atoms with E-state index in [-0.39, 0.29) is 17.1 Å². The zero-order valence-electron chi connectivity index (χ0n) is 7.69. The monoisotopic (exact) mass is 231 g/mol. The Labute approximate surface area is 90.5 Å². The maximum atomic E-state index is 13.1. The lowest BCUT2D eigenvalue weighted by atomic mass is 10.2. The molecule has 1 aromatic rings. The van der Waals surface area contributed by atoms with Crippen molar-refractivity contribution in [1.82, 2.24) is 5.32 Å². The standard InChI is InChI=1S/C10H8ClF2NO/c1-6(11)5-14-10(15)7-3-2-4-8(12)9(7)13/h2-4H,1,5H2,(H,14,15). The average molecular weight is 232 g/mol. The SMILES string of the molecule is C=C(Cl)CNC(=O)c1cccc(F)c1F. The van der Waals surface area contributed by atoms with Crippen molar-refractivity contribution in [2.75, 3.05) is 6.54 Å². The lowest BCUT2D eigenvalue weighted by Gasteiger charge is -2.04. The quantitative estimate of drug-likeness (QED) is 0.851. The fraction of sp³-hybridized carbons (Fsp3) is 0.100. The molecule has 0 saturated heterocycles. The molecule has 1 rings (SSSR count). The molecule has 0 radical (unpaired) electrons. The molecule has 80 valence electrons. The Morgan fingerprint density at radius 2 is 2.13 bits per heavy atom. The van der Waals surface area contributed by atoms with Gasteiger partial charge < -0.3 is 5.32 Å². The minimum Gasteiger partial charge on any atom is -0.347 e. The van der Waals surface area contributed by atoms with E-state index in [0.717, 1.165) is 6.07 Å². The number of halogens is 3. The lowest BCUT2D eigenvalue weighted by Crippen LogP contribution is -2.25. The molecule has 0 heterocycles. The third-order valence-electron chi connectivity index (χ3n) is 1.64. The van der Waals surface area contributed by atoms with Gasteiger partial charge in [0.05, 0.1) is 12.1 Å². The Balaban J connectivity index is 2.82. The first-order valence-corrected chi connectivity index (χ1v) is 4.45. The summed E-state index contributed by atoms with van der Waals surface area (Å²) in [6.45, 7) is 3.35. The molecule has 0 aliphatic carbocycles. The van der Waals surface area contributed by atoms with Gasteiger partial charge in [-0.2, -0.15) is 0 Å². The van der Waals surface area contributed by atoms with Crippen LogP contribution < -0.4 is 5.32 Å². The van der Waals surface area contributed by atoms with Crippen LogP contribution in [-0.4, -0.2) is 12.5 Å². The van der Waals surface area contributed by atoms with Crippen molar-refractivity contribution in [2.24, 2.45) is 0 Å². The van der Waals surface area contributed by atoms with Gasteiger partial charge in [0.2, 0.25) is 0 Å². The number of rotatable bonds is 3. The van der Waals surface area contributed by atoms with Gasteiger partial charge in [0.15, 0.2) is 11.6 Å². The Hall–Kier alpha value is -1.42. The molecule has 15 heavy (non-hydrogen) atoms. The molecule has 5 heteroatoms. The van der Waals surface area contributed by atoms with Crippen molar-refractivity contribution in [1.29, 1.82) is 0 Å². The highest BCUT2D eigenvalue weighted by molar-refractivity contribution is 6.29. The normalized spacial score (nSPS) is 9.80. The summed E-state index contributed by atoms with van der Waals surface area (Å²) in [5, 5.41) is 2.50. The molecular formula is C10H8ClF2NO. The topological polar surface area (TPSA) is 29.1 Å². The number of hydrogen-bond acceptors (Lipinski definition) is 1.